The molecule has 0 aliphatic heterocycles. The Balaban J connectivity index is 2.76. The molecule has 1 aromatic carbocycles. The van der Waals surface area contributed by atoms with Gasteiger partial charge in [-0.25, -0.2) is 9.59 Å². The molecule has 0 spiro atoms. The van der Waals surface area contributed by atoms with Gasteiger partial charge in [-0.2, -0.15) is 0 Å². The van der Waals surface area contributed by atoms with E-state index in [4.69, 9.17) is 5.11 Å². The molecular formula is C14H20N2O4. The lowest BCUT2D eigenvalue weighted by molar-refractivity contribution is 0.0694. The van der Waals surface area contributed by atoms with E-state index in [0.717, 1.165) is 0 Å². The van der Waals surface area contributed by atoms with Crippen LogP contribution < -0.4 is 5.32 Å². The zero-order valence-electron chi connectivity index (χ0n) is 12.1. The third kappa shape index (κ3) is 4.46. The molecule has 1 rings (SSSR count). The predicted octanol–water partition coefficient (Wildman–Crippen LogP) is 2.60. The fourth-order valence-electron chi connectivity index (χ4n) is 1.79. The van der Waals surface area contributed by atoms with Gasteiger partial charge in [-0.05, 0) is 17.5 Å². The van der Waals surface area contributed by atoms with Crippen molar-refractivity contribution >= 4 is 17.7 Å². The summed E-state index contributed by atoms with van der Waals surface area (Å²) < 4.78 is 0. The van der Waals surface area contributed by atoms with Crippen molar-refractivity contribution in [2.24, 2.45) is 5.41 Å². The summed E-state index contributed by atoms with van der Waals surface area (Å²) in [6.07, 6.45) is 0. The smallest absolute Gasteiger partial charge is 0.339 e. The molecule has 0 saturated carbocycles. The molecule has 2 amide bonds. The maximum absolute atomic E-state index is 11.9. The number of rotatable bonds is 3. The first kappa shape index (κ1) is 15.8. The maximum Gasteiger partial charge on any atom is 0.339 e. The highest BCUT2D eigenvalue weighted by molar-refractivity contribution is 5.93. The molecule has 0 bridgehead atoms. The first-order chi connectivity index (χ1) is 9.10. The van der Waals surface area contributed by atoms with Crippen LogP contribution in [0.25, 0.3) is 0 Å². The van der Waals surface area contributed by atoms with Crippen molar-refractivity contribution in [3.05, 3.63) is 23.8 Å². The SMILES string of the molecule is CN(CC(C)(C)C)C(=O)Nc1ccc(C(=O)O)c(O)c1. The van der Waals surface area contributed by atoms with Gasteiger partial charge in [0.1, 0.15) is 11.3 Å². The van der Waals surface area contributed by atoms with Gasteiger partial charge in [0.15, 0.2) is 0 Å². The van der Waals surface area contributed by atoms with E-state index in [-0.39, 0.29) is 22.8 Å². The van der Waals surface area contributed by atoms with Crippen LogP contribution in [0.3, 0.4) is 0 Å². The van der Waals surface area contributed by atoms with Crippen molar-refractivity contribution < 1.29 is 19.8 Å². The largest absolute Gasteiger partial charge is 0.507 e. The van der Waals surface area contributed by atoms with Crippen molar-refractivity contribution in [1.29, 1.82) is 0 Å². The van der Waals surface area contributed by atoms with E-state index in [1.807, 2.05) is 20.8 Å². The first-order valence-electron chi connectivity index (χ1n) is 6.18. The van der Waals surface area contributed by atoms with Crippen LogP contribution in [0, 0.1) is 5.41 Å². The van der Waals surface area contributed by atoms with Gasteiger partial charge in [0.25, 0.3) is 0 Å². The van der Waals surface area contributed by atoms with E-state index in [1.165, 1.54) is 23.1 Å². The Morgan fingerprint density at radius 2 is 1.90 bits per heavy atom. The van der Waals surface area contributed by atoms with Gasteiger partial charge in [0.2, 0.25) is 0 Å². The second-order valence-electron chi connectivity index (χ2n) is 5.88. The van der Waals surface area contributed by atoms with E-state index < -0.39 is 5.97 Å². The summed E-state index contributed by atoms with van der Waals surface area (Å²) in [6, 6.07) is 3.58. The van der Waals surface area contributed by atoms with Gasteiger partial charge < -0.3 is 20.4 Å². The number of urea groups is 1. The number of benzene rings is 1. The Bertz CT molecular complexity index is 520. The molecule has 0 aromatic heterocycles. The van der Waals surface area contributed by atoms with Crippen molar-refractivity contribution in [1.82, 2.24) is 4.90 Å². The van der Waals surface area contributed by atoms with Gasteiger partial charge >= 0.3 is 12.0 Å². The second kappa shape index (κ2) is 5.81. The molecule has 0 saturated heterocycles. The predicted molar refractivity (Wildman–Crippen MR) is 76.2 cm³/mol. The maximum atomic E-state index is 11.9. The van der Waals surface area contributed by atoms with Crippen LogP contribution in [0.15, 0.2) is 18.2 Å². The normalized spacial score (nSPS) is 11.0. The number of hydrogen-bond acceptors (Lipinski definition) is 3. The number of amides is 2. The zero-order chi connectivity index (χ0) is 15.5. The van der Waals surface area contributed by atoms with Gasteiger partial charge in [0.05, 0.1) is 0 Å². The van der Waals surface area contributed by atoms with Crippen LogP contribution >= 0.6 is 0 Å². The molecule has 0 radical (unpaired) electrons. The average molecular weight is 280 g/mol. The number of carbonyl (C=O) groups is 2. The van der Waals surface area contributed by atoms with E-state index in [1.54, 1.807) is 7.05 Å². The van der Waals surface area contributed by atoms with Crippen molar-refractivity contribution in [2.75, 3.05) is 18.9 Å². The molecule has 0 heterocycles. The minimum atomic E-state index is -1.22. The zero-order valence-corrected chi connectivity index (χ0v) is 12.1. The van der Waals surface area contributed by atoms with Gasteiger partial charge in [-0.3, -0.25) is 0 Å². The minimum Gasteiger partial charge on any atom is -0.507 e. The molecule has 0 unspecified atom stereocenters. The monoisotopic (exact) mass is 280 g/mol. The topological polar surface area (TPSA) is 89.9 Å². The summed E-state index contributed by atoms with van der Waals surface area (Å²) in [7, 11) is 1.67. The van der Waals surface area contributed by atoms with E-state index in [9.17, 15) is 14.7 Å². The molecule has 6 nitrogen and oxygen atoms in total. The Morgan fingerprint density at radius 3 is 2.35 bits per heavy atom. The summed E-state index contributed by atoms with van der Waals surface area (Å²) in [5.74, 6) is -1.60. The average Bonchev–Trinajstić information content (AvgIpc) is 2.26. The van der Waals surface area contributed by atoms with E-state index in [2.05, 4.69) is 5.32 Å². The molecule has 1 aromatic rings. The summed E-state index contributed by atoms with van der Waals surface area (Å²) in [6.45, 7) is 6.62. The third-order valence-electron chi connectivity index (χ3n) is 2.54. The number of nitrogens with one attached hydrogen (secondary N) is 1. The van der Waals surface area contributed by atoms with Gasteiger partial charge in [-0.1, -0.05) is 20.8 Å². The molecular weight excluding hydrogens is 260 g/mol. The van der Waals surface area contributed by atoms with E-state index >= 15 is 0 Å². The third-order valence-corrected chi connectivity index (χ3v) is 2.54. The molecule has 20 heavy (non-hydrogen) atoms. The molecule has 0 aliphatic carbocycles. The molecule has 0 aliphatic rings. The Morgan fingerprint density at radius 1 is 1.30 bits per heavy atom. The van der Waals surface area contributed by atoms with Crippen molar-refractivity contribution in [3.63, 3.8) is 0 Å². The van der Waals surface area contributed by atoms with Crippen LogP contribution in [0.5, 0.6) is 5.75 Å². The number of anilines is 1. The number of aromatic hydroxyl groups is 1. The fourth-order valence-corrected chi connectivity index (χ4v) is 1.79. The number of hydrogen-bond donors (Lipinski definition) is 3. The Labute approximate surface area is 118 Å². The summed E-state index contributed by atoms with van der Waals surface area (Å²) >= 11 is 0. The Hall–Kier alpha value is -2.24. The standard InChI is InChI=1S/C14H20N2O4/c1-14(2,3)8-16(4)13(20)15-9-5-6-10(12(18)19)11(17)7-9/h5-7,17H,8H2,1-4H3,(H,15,20)(H,18,19). The van der Waals surface area contributed by atoms with Crippen LogP contribution in [0.1, 0.15) is 31.1 Å². The minimum absolute atomic E-state index is 0.0264. The van der Waals surface area contributed by atoms with Crippen LogP contribution in [-0.2, 0) is 0 Å². The molecule has 0 atom stereocenters. The second-order valence-corrected chi connectivity index (χ2v) is 5.88. The highest BCUT2D eigenvalue weighted by Crippen LogP contribution is 2.22. The van der Waals surface area contributed by atoms with Crippen molar-refractivity contribution in [3.8, 4) is 5.75 Å². The van der Waals surface area contributed by atoms with Crippen LogP contribution in [0.2, 0.25) is 0 Å². The number of carbonyl (C=O) groups excluding carboxylic acids is 1. The van der Waals surface area contributed by atoms with E-state index in [0.29, 0.717) is 12.2 Å². The van der Waals surface area contributed by atoms with Gasteiger partial charge in [0, 0.05) is 25.3 Å². The quantitative estimate of drug-likeness (QED) is 0.793. The molecule has 6 heteroatoms. The highest BCUT2D eigenvalue weighted by atomic mass is 16.4. The number of aromatic carboxylic acids is 1. The first-order valence-corrected chi connectivity index (χ1v) is 6.18. The number of nitrogens with zero attached hydrogens (tertiary/aromatic N) is 1. The summed E-state index contributed by atoms with van der Waals surface area (Å²) in [4.78, 5) is 24.2. The summed E-state index contributed by atoms with van der Waals surface area (Å²) in [5.41, 5.74) is 0.116. The number of phenols is 1. The summed E-state index contributed by atoms with van der Waals surface area (Å²) in [5, 5.41) is 21.0. The number of carboxylic acids is 1. The lowest BCUT2D eigenvalue weighted by Crippen LogP contribution is -2.37. The molecule has 3 N–H and O–H groups in total. The lowest BCUT2D eigenvalue weighted by Gasteiger charge is -2.26. The highest BCUT2D eigenvalue weighted by Gasteiger charge is 2.18. The van der Waals surface area contributed by atoms with Crippen LogP contribution in [0.4, 0.5) is 10.5 Å². The number of carboxylic acid groups (broad SMARTS) is 1. The van der Waals surface area contributed by atoms with Crippen LogP contribution in [-0.4, -0.2) is 40.7 Å². The van der Waals surface area contributed by atoms with Crippen molar-refractivity contribution in [2.45, 2.75) is 20.8 Å². The fraction of sp³-hybridized carbons (Fsp3) is 0.429. The molecule has 110 valence electrons. The van der Waals surface area contributed by atoms with Gasteiger partial charge in [-0.15, -0.1) is 0 Å². The lowest BCUT2D eigenvalue weighted by atomic mass is 9.96. The molecule has 0 fully saturated rings. The Kier molecular flexibility index (Phi) is 4.60.